The molecule has 0 fully saturated rings. The molecular weight excluding hydrogens is 303 g/mol. The van der Waals surface area contributed by atoms with Gasteiger partial charge in [0.25, 0.3) is 5.56 Å². The zero-order chi connectivity index (χ0) is 16.1. The van der Waals surface area contributed by atoms with Gasteiger partial charge in [-0.05, 0) is 43.0 Å². The maximum atomic E-state index is 12.9. The number of halogens is 1. The summed E-state index contributed by atoms with van der Waals surface area (Å²) < 4.78 is 14.4. The van der Waals surface area contributed by atoms with E-state index >= 15 is 0 Å². The van der Waals surface area contributed by atoms with Crippen molar-refractivity contribution in [2.45, 2.75) is 18.7 Å². The first-order chi connectivity index (χ1) is 10.5. The number of amides is 1. The highest BCUT2D eigenvalue weighted by molar-refractivity contribution is 7.99. The van der Waals surface area contributed by atoms with Gasteiger partial charge in [0, 0.05) is 6.20 Å². The van der Waals surface area contributed by atoms with E-state index in [0.29, 0.717) is 6.54 Å². The summed E-state index contributed by atoms with van der Waals surface area (Å²) in [4.78, 5) is 24.2. The van der Waals surface area contributed by atoms with E-state index in [2.05, 4.69) is 5.32 Å². The lowest BCUT2D eigenvalue weighted by atomic mass is 10.2. The summed E-state index contributed by atoms with van der Waals surface area (Å²) in [7, 11) is 0. The Morgan fingerprint density at radius 2 is 2.00 bits per heavy atom. The molecule has 0 spiro atoms. The number of anilines is 1. The van der Waals surface area contributed by atoms with Crippen molar-refractivity contribution in [3.8, 4) is 0 Å². The van der Waals surface area contributed by atoms with Gasteiger partial charge in [0.1, 0.15) is 11.5 Å². The number of nitrogens with one attached hydrogen (secondary N) is 1. The maximum absolute atomic E-state index is 12.9. The number of rotatable bonds is 5. The van der Waals surface area contributed by atoms with Crippen molar-refractivity contribution < 1.29 is 9.18 Å². The normalized spacial score (nSPS) is 12.0. The molecule has 1 amide bonds. The first-order valence-corrected chi connectivity index (χ1v) is 8.07. The smallest absolute Gasteiger partial charge is 0.274 e. The fourth-order valence-electron chi connectivity index (χ4n) is 1.88. The third-order valence-electron chi connectivity index (χ3n) is 3.27. The monoisotopic (exact) mass is 320 g/mol. The molecule has 0 radical (unpaired) electrons. The van der Waals surface area contributed by atoms with Crippen LogP contribution in [0.3, 0.4) is 0 Å². The topological polar surface area (TPSA) is 51.1 Å². The second kappa shape index (κ2) is 7.26. The van der Waals surface area contributed by atoms with Crippen molar-refractivity contribution in [1.29, 1.82) is 0 Å². The summed E-state index contributed by atoms with van der Waals surface area (Å²) in [5, 5.41) is 2.41. The van der Waals surface area contributed by atoms with Gasteiger partial charge < -0.3 is 9.88 Å². The fourth-order valence-corrected chi connectivity index (χ4v) is 2.16. The Morgan fingerprint density at radius 1 is 1.32 bits per heavy atom. The standard InChI is InChI=1S/C16H17FN2O2S/c1-11(22-2)15(20)18-14-4-3-9-19(16(14)21)10-12-5-7-13(17)8-6-12/h3-9,11H,10H2,1-2H3,(H,18,20)/t11-/m0/s1. The highest BCUT2D eigenvalue weighted by Gasteiger charge is 2.13. The van der Waals surface area contributed by atoms with E-state index in [1.54, 1.807) is 37.4 Å². The van der Waals surface area contributed by atoms with E-state index in [4.69, 9.17) is 0 Å². The number of hydrogen-bond donors (Lipinski definition) is 1. The zero-order valence-corrected chi connectivity index (χ0v) is 13.2. The van der Waals surface area contributed by atoms with Gasteiger partial charge in [-0.3, -0.25) is 9.59 Å². The highest BCUT2D eigenvalue weighted by atomic mass is 32.2. The first-order valence-electron chi connectivity index (χ1n) is 6.79. The van der Waals surface area contributed by atoms with Gasteiger partial charge in [-0.1, -0.05) is 12.1 Å². The van der Waals surface area contributed by atoms with E-state index in [0.717, 1.165) is 5.56 Å². The van der Waals surface area contributed by atoms with Crippen molar-refractivity contribution in [3.63, 3.8) is 0 Å². The van der Waals surface area contributed by atoms with Crippen molar-refractivity contribution >= 4 is 23.4 Å². The summed E-state index contributed by atoms with van der Waals surface area (Å²) in [6.07, 6.45) is 3.47. The third-order valence-corrected chi connectivity index (χ3v) is 4.19. The van der Waals surface area contributed by atoms with Crippen molar-refractivity contribution in [3.05, 3.63) is 64.3 Å². The molecule has 1 N–H and O–H groups in total. The van der Waals surface area contributed by atoms with Crippen molar-refractivity contribution in [2.24, 2.45) is 0 Å². The molecule has 22 heavy (non-hydrogen) atoms. The predicted molar refractivity (Wildman–Crippen MR) is 87.8 cm³/mol. The van der Waals surface area contributed by atoms with Crippen LogP contribution in [0, 0.1) is 5.82 Å². The van der Waals surface area contributed by atoms with Gasteiger partial charge in [-0.2, -0.15) is 11.8 Å². The lowest BCUT2D eigenvalue weighted by Crippen LogP contribution is -2.29. The second-order valence-corrected chi connectivity index (χ2v) is 6.03. The Labute approximate surface area is 132 Å². The van der Waals surface area contributed by atoms with Crippen LogP contribution in [0.25, 0.3) is 0 Å². The van der Waals surface area contributed by atoms with Crippen LogP contribution in [0.2, 0.25) is 0 Å². The Hall–Kier alpha value is -2.08. The number of hydrogen-bond acceptors (Lipinski definition) is 3. The molecule has 1 aromatic carbocycles. The van der Waals surface area contributed by atoms with Gasteiger partial charge in [-0.25, -0.2) is 4.39 Å². The fraction of sp³-hybridized carbons (Fsp3) is 0.250. The summed E-state index contributed by atoms with van der Waals surface area (Å²) >= 11 is 1.41. The molecule has 0 saturated heterocycles. The van der Waals surface area contributed by atoms with Gasteiger partial charge >= 0.3 is 0 Å². The summed E-state index contributed by atoms with van der Waals surface area (Å²) in [5.74, 6) is -0.521. The minimum absolute atomic E-state index is 0.205. The molecule has 1 aromatic heterocycles. The number of carbonyl (C=O) groups excluding carboxylic acids is 1. The van der Waals surface area contributed by atoms with Gasteiger partial charge in [0.05, 0.1) is 11.8 Å². The molecule has 0 bridgehead atoms. The quantitative estimate of drug-likeness (QED) is 0.921. The van der Waals surface area contributed by atoms with Crippen molar-refractivity contribution in [2.75, 3.05) is 11.6 Å². The molecule has 4 nitrogen and oxygen atoms in total. The summed E-state index contributed by atoms with van der Waals surface area (Å²) in [5.41, 5.74) is 0.772. The van der Waals surface area contributed by atoms with Gasteiger partial charge in [0.15, 0.2) is 0 Å². The van der Waals surface area contributed by atoms with E-state index < -0.39 is 0 Å². The number of benzene rings is 1. The van der Waals surface area contributed by atoms with Crippen LogP contribution >= 0.6 is 11.8 Å². The first kappa shape index (κ1) is 16.3. The van der Waals surface area contributed by atoms with Gasteiger partial charge in [0.2, 0.25) is 5.91 Å². The van der Waals surface area contributed by atoms with Crippen LogP contribution in [0.1, 0.15) is 12.5 Å². The Balaban J connectivity index is 2.20. The lowest BCUT2D eigenvalue weighted by Gasteiger charge is -2.11. The Bertz CT molecular complexity index is 713. The van der Waals surface area contributed by atoms with Gasteiger partial charge in [-0.15, -0.1) is 0 Å². The number of aromatic nitrogens is 1. The molecule has 0 aliphatic carbocycles. The maximum Gasteiger partial charge on any atom is 0.274 e. The zero-order valence-electron chi connectivity index (χ0n) is 12.4. The molecule has 0 aliphatic heterocycles. The number of pyridine rings is 1. The van der Waals surface area contributed by atoms with Crippen LogP contribution in [0.4, 0.5) is 10.1 Å². The lowest BCUT2D eigenvalue weighted by molar-refractivity contribution is -0.115. The van der Waals surface area contributed by atoms with Crippen LogP contribution in [0.5, 0.6) is 0 Å². The Morgan fingerprint density at radius 3 is 2.64 bits per heavy atom. The SMILES string of the molecule is CS[C@@H](C)C(=O)Nc1cccn(Cc2ccc(F)cc2)c1=O. The van der Waals surface area contributed by atoms with E-state index in [1.807, 2.05) is 6.26 Å². The summed E-state index contributed by atoms with van der Waals surface area (Å²) in [6, 6.07) is 9.24. The van der Waals surface area contributed by atoms with Crippen LogP contribution < -0.4 is 10.9 Å². The molecular formula is C16H17FN2O2S. The van der Waals surface area contributed by atoms with E-state index in [-0.39, 0.29) is 28.2 Å². The minimum atomic E-state index is -0.317. The molecule has 1 atom stereocenters. The largest absolute Gasteiger partial charge is 0.321 e. The second-order valence-electron chi connectivity index (χ2n) is 4.85. The van der Waals surface area contributed by atoms with E-state index in [9.17, 15) is 14.0 Å². The van der Waals surface area contributed by atoms with E-state index in [1.165, 1.54) is 28.5 Å². The molecule has 0 aliphatic rings. The number of nitrogens with zero attached hydrogens (tertiary/aromatic N) is 1. The summed E-state index contributed by atoms with van der Waals surface area (Å²) in [6.45, 7) is 2.10. The van der Waals surface area contributed by atoms with Crippen LogP contribution in [-0.2, 0) is 11.3 Å². The molecule has 116 valence electrons. The molecule has 1 heterocycles. The Kier molecular flexibility index (Phi) is 5.38. The third kappa shape index (κ3) is 3.98. The average molecular weight is 320 g/mol. The molecule has 0 unspecified atom stereocenters. The van der Waals surface area contributed by atoms with Crippen LogP contribution in [-0.4, -0.2) is 22.0 Å². The number of carbonyl (C=O) groups is 1. The van der Waals surface area contributed by atoms with Crippen LogP contribution in [0.15, 0.2) is 47.4 Å². The van der Waals surface area contributed by atoms with Crippen molar-refractivity contribution in [1.82, 2.24) is 4.57 Å². The average Bonchev–Trinajstić information content (AvgIpc) is 2.52. The highest BCUT2D eigenvalue weighted by Crippen LogP contribution is 2.09. The molecule has 2 aromatic rings. The molecule has 6 heteroatoms. The predicted octanol–water partition coefficient (Wildman–Crippen LogP) is 2.73. The number of thioether (sulfide) groups is 1. The minimum Gasteiger partial charge on any atom is -0.321 e. The molecule has 0 saturated carbocycles. The molecule has 2 rings (SSSR count).